The van der Waals surface area contributed by atoms with Crippen LogP contribution in [0.25, 0.3) is 0 Å². The van der Waals surface area contributed by atoms with Gasteiger partial charge in [0.15, 0.2) is 5.78 Å². The van der Waals surface area contributed by atoms with Crippen molar-refractivity contribution in [2.24, 2.45) is 5.92 Å². The molecule has 0 radical (unpaired) electrons. The fraction of sp³-hybridized carbons (Fsp3) is 0.765. The molecule has 7 heteroatoms. The average molecular weight is 341 g/mol. The van der Waals surface area contributed by atoms with E-state index in [9.17, 15) is 19.2 Å². The standard InChI is InChI=1S/C17H31N3O4/c1-11(2)10-15(20(7)13(4)22)17(24)18-14(12(3)21)8-9-16(23)19(5)6/h11,14-15H,8-10H2,1-7H3,(H,18,24)/t14-,15-/m0/s1. The second-order valence-electron chi connectivity index (χ2n) is 6.77. The van der Waals surface area contributed by atoms with Gasteiger partial charge in [-0.05, 0) is 25.7 Å². The van der Waals surface area contributed by atoms with E-state index < -0.39 is 12.1 Å². The van der Waals surface area contributed by atoms with Gasteiger partial charge in [-0.3, -0.25) is 19.2 Å². The number of ketones is 1. The molecule has 0 aliphatic heterocycles. The molecular formula is C17H31N3O4. The first-order chi connectivity index (χ1) is 11.0. The average Bonchev–Trinajstić information content (AvgIpc) is 2.46. The molecule has 0 saturated heterocycles. The molecule has 0 saturated carbocycles. The molecule has 0 aromatic carbocycles. The highest BCUT2D eigenvalue weighted by Crippen LogP contribution is 2.12. The van der Waals surface area contributed by atoms with Crippen LogP contribution in [0.1, 0.15) is 47.0 Å². The van der Waals surface area contributed by atoms with E-state index in [4.69, 9.17) is 0 Å². The molecule has 7 nitrogen and oxygen atoms in total. The summed E-state index contributed by atoms with van der Waals surface area (Å²) < 4.78 is 0. The Hall–Kier alpha value is -1.92. The van der Waals surface area contributed by atoms with Crippen molar-refractivity contribution in [2.45, 2.75) is 59.0 Å². The molecule has 0 fully saturated rings. The highest BCUT2D eigenvalue weighted by Gasteiger charge is 2.29. The molecule has 0 spiro atoms. The van der Waals surface area contributed by atoms with E-state index in [-0.39, 0.29) is 42.3 Å². The SMILES string of the molecule is CC(=O)[C@H](CCC(=O)N(C)C)NC(=O)[C@H](CC(C)C)N(C)C(C)=O. The molecule has 0 aliphatic carbocycles. The summed E-state index contributed by atoms with van der Waals surface area (Å²) in [6.07, 6.45) is 0.925. The van der Waals surface area contributed by atoms with E-state index in [0.29, 0.717) is 6.42 Å². The van der Waals surface area contributed by atoms with Crippen LogP contribution in [0.2, 0.25) is 0 Å². The fourth-order valence-electron chi connectivity index (χ4n) is 2.24. The van der Waals surface area contributed by atoms with Crippen LogP contribution in [0.4, 0.5) is 0 Å². The Labute approximate surface area is 144 Å². The molecule has 3 amide bonds. The number of amides is 3. The lowest BCUT2D eigenvalue weighted by atomic mass is 10.0. The normalized spacial score (nSPS) is 13.2. The Kier molecular flexibility index (Phi) is 9.25. The van der Waals surface area contributed by atoms with Crippen molar-refractivity contribution in [2.75, 3.05) is 21.1 Å². The summed E-state index contributed by atoms with van der Waals surface area (Å²) in [5.74, 6) is -0.663. The lowest BCUT2D eigenvalue weighted by molar-refractivity contribution is -0.139. The van der Waals surface area contributed by atoms with Crippen molar-refractivity contribution < 1.29 is 19.2 Å². The second-order valence-corrected chi connectivity index (χ2v) is 6.77. The summed E-state index contributed by atoms with van der Waals surface area (Å²) in [5, 5.41) is 2.70. The van der Waals surface area contributed by atoms with Crippen molar-refractivity contribution in [3.05, 3.63) is 0 Å². The van der Waals surface area contributed by atoms with E-state index in [1.807, 2.05) is 13.8 Å². The molecule has 0 bridgehead atoms. The monoisotopic (exact) mass is 341 g/mol. The summed E-state index contributed by atoms with van der Waals surface area (Å²) >= 11 is 0. The van der Waals surface area contributed by atoms with Gasteiger partial charge in [0.2, 0.25) is 17.7 Å². The molecule has 0 aromatic heterocycles. The van der Waals surface area contributed by atoms with Gasteiger partial charge in [-0.25, -0.2) is 0 Å². The van der Waals surface area contributed by atoms with E-state index in [2.05, 4.69) is 5.32 Å². The maximum absolute atomic E-state index is 12.6. The van der Waals surface area contributed by atoms with Gasteiger partial charge < -0.3 is 15.1 Å². The van der Waals surface area contributed by atoms with Crippen LogP contribution >= 0.6 is 0 Å². The van der Waals surface area contributed by atoms with Crippen molar-refractivity contribution >= 4 is 23.5 Å². The third-order valence-corrected chi connectivity index (χ3v) is 3.91. The van der Waals surface area contributed by atoms with Crippen LogP contribution in [0.5, 0.6) is 0 Å². The molecule has 2 atom stereocenters. The van der Waals surface area contributed by atoms with E-state index in [0.717, 1.165) is 0 Å². The van der Waals surface area contributed by atoms with Crippen molar-refractivity contribution in [3.8, 4) is 0 Å². The van der Waals surface area contributed by atoms with Crippen LogP contribution in [0.3, 0.4) is 0 Å². The molecule has 0 aromatic rings. The minimum Gasteiger partial charge on any atom is -0.349 e. The summed E-state index contributed by atoms with van der Waals surface area (Å²) in [4.78, 5) is 50.5. The van der Waals surface area contributed by atoms with Gasteiger partial charge in [0.25, 0.3) is 0 Å². The highest BCUT2D eigenvalue weighted by molar-refractivity contribution is 5.92. The highest BCUT2D eigenvalue weighted by atomic mass is 16.2. The Bertz CT molecular complexity index is 474. The van der Waals surface area contributed by atoms with Crippen molar-refractivity contribution in [1.29, 1.82) is 0 Å². The predicted octanol–water partition coefficient (Wildman–Crippen LogP) is 0.822. The van der Waals surface area contributed by atoms with Crippen LogP contribution < -0.4 is 5.32 Å². The maximum atomic E-state index is 12.6. The van der Waals surface area contributed by atoms with E-state index in [1.165, 1.54) is 23.6 Å². The zero-order valence-corrected chi connectivity index (χ0v) is 15.9. The van der Waals surface area contributed by atoms with Gasteiger partial charge >= 0.3 is 0 Å². The zero-order valence-electron chi connectivity index (χ0n) is 15.9. The number of Topliss-reactive ketones (excluding diaryl/α,β-unsaturated/α-hetero) is 1. The summed E-state index contributed by atoms with van der Waals surface area (Å²) in [7, 11) is 4.86. The van der Waals surface area contributed by atoms with Gasteiger partial charge in [0, 0.05) is 34.5 Å². The minimum absolute atomic E-state index is 0.102. The lowest BCUT2D eigenvalue weighted by Gasteiger charge is -2.29. The van der Waals surface area contributed by atoms with Gasteiger partial charge in [0.1, 0.15) is 6.04 Å². The third kappa shape index (κ3) is 7.57. The molecule has 0 heterocycles. The van der Waals surface area contributed by atoms with Gasteiger partial charge in [-0.15, -0.1) is 0 Å². The fourth-order valence-corrected chi connectivity index (χ4v) is 2.24. The van der Waals surface area contributed by atoms with Crippen LogP contribution in [-0.2, 0) is 19.2 Å². The number of hydrogen-bond donors (Lipinski definition) is 1. The second kappa shape index (κ2) is 10.1. The number of carbonyl (C=O) groups excluding carboxylic acids is 4. The number of likely N-dealkylation sites (N-methyl/N-ethyl adjacent to an activating group) is 1. The first-order valence-corrected chi connectivity index (χ1v) is 8.21. The Balaban J connectivity index is 5.01. The van der Waals surface area contributed by atoms with Crippen LogP contribution in [0.15, 0.2) is 0 Å². The van der Waals surface area contributed by atoms with Crippen LogP contribution in [-0.4, -0.2) is 66.5 Å². The molecule has 0 unspecified atom stereocenters. The number of nitrogens with zero attached hydrogens (tertiary/aromatic N) is 2. The molecule has 24 heavy (non-hydrogen) atoms. The largest absolute Gasteiger partial charge is 0.349 e. The zero-order chi connectivity index (χ0) is 19.0. The van der Waals surface area contributed by atoms with E-state index in [1.54, 1.807) is 21.1 Å². The molecule has 0 rings (SSSR count). The summed E-state index contributed by atoms with van der Waals surface area (Å²) in [6, 6.07) is -1.36. The maximum Gasteiger partial charge on any atom is 0.243 e. The first-order valence-electron chi connectivity index (χ1n) is 8.21. The van der Waals surface area contributed by atoms with Crippen molar-refractivity contribution in [1.82, 2.24) is 15.1 Å². The number of rotatable bonds is 9. The molecular weight excluding hydrogens is 310 g/mol. The number of hydrogen-bond acceptors (Lipinski definition) is 4. The smallest absolute Gasteiger partial charge is 0.243 e. The Morgan fingerprint density at radius 3 is 1.92 bits per heavy atom. The molecule has 138 valence electrons. The topological polar surface area (TPSA) is 86.8 Å². The van der Waals surface area contributed by atoms with Gasteiger partial charge in [0.05, 0.1) is 6.04 Å². The summed E-state index contributed by atoms with van der Waals surface area (Å²) in [6.45, 7) is 6.72. The minimum atomic E-state index is -0.726. The Morgan fingerprint density at radius 1 is 1.00 bits per heavy atom. The van der Waals surface area contributed by atoms with Gasteiger partial charge in [-0.2, -0.15) is 0 Å². The quantitative estimate of drug-likeness (QED) is 0.673. The van der Waals surface area contributed by atoms with E-state index >= 15 is 0 Å². The van der Waals surface area contributed by atoms with Crippen LogP contribution in [0, 0.1) is 5.92 Å². The van der Waals surface area contributed by atoms with Gasteiger partial charge in [-0.1, -0.05) is 13.8 Å². The number of carbonyl (C=O) groups is 4. The predicted molar refractivity (Wildman–Crippen MR) is 92.2 cm³/mol. The third-order valence-electron chi connectivity index (χ3n) is 3.91. The first kappa shape index (κ1) is 22.1. The Morgan fingerprint density at radius 2 is 1.54 bits per heavy atom. The molecule has 0 aliphatic rings. The lowest BCUT2D eigenvalue weighted by Crippen LogP contribution is -2.52. The molecule has 1 N–H and O–H groups in total. The summed E-state index contributed by atoms with van der Waals surface area (Å²) in [5.41, 5.74) is 0. The number of nitrogens with one attached hydrogen (secondary N) is 1. The van der Waals surface area contributed by atoms with Crippen molar-refractivity contribution in [3.63, 3.8) is 0 Å².